The van der Waals surface area contributed by atoms with Gasteiger partial charge in [-0.3, -0.25) is 14.2 Å². The monoisotopic (exact) mass is 627 g/mol. The van der Waals surface area contributed by atoms with Crippen molar-refractivity contribution >= 4 is 27.6 Å². The van der Waals surface area contributed by atoms with E-state index in [0.717, 1.165) is 42.3 Å². The van der Waals surface area contributed by atoms with Crippen molar-refractivity contribution in [1.82, 2.24) is 9.88 Å². The molecule has 4 rings (SSSR count). The van der Waals surface area contributed by atoms with Crippen LogP contribution in [0, 0.1) is 12.8 Å². The molecule has 1 fully saturated rings. The SMILES string of the molecule is Cc1cccc(CN2CCC3(CC2)c2ccccc2N(CC(C)C)S3(=O)=O)n1.O=C(O)C(F)(F)F.O=C(O)C(F)(F)F. The van der Waals surface area contributed by atoms with Crippen LogP contribution in [-0.2, 0) is 30.9 Å². The molecule has 2 aliphatic rings. The Morgan fingerprint density at radius 1 is 0.929 bits per heavy atom. The van der Waals surface area contributed by atoms with Crippen molar-refractivity contribution in [3.8, 4) is 0 Å². The van der Waals surface area contributed by atoms with Crippen molar-refractivity contribution in [3.05, 3.63) is 59.4 Å². The number of para-hydroxylation sites is 1. The number of sulfonamides is 1. The maximum absolute atomic E-state index is 13.7. The van der Waals surface area contributed by atoms with Gasteiger partial charge in [-0.25, -0.2) is 18.0 Å². The van der Waals surface area contributed by atoms with E-state index >= 15 is 0 Å². The number of nitrogens with zero attached hydrogens (tertiary/aromatic N) is 3. The first-order valence-corrected chi connectivity index (χ1v) is 14.0. The second-order valence-corrected chi connectivity index (χ2v) is 12.3. The summed E-state index contributed by atoms with van der Waals surface area (Å²) >= 11 is 0. The smallest absolute Gasteiger partial charge is 0.475 e. The summed E-state index contributed by atoms with van der Waals surface area (Å²) in [6.45, 7) is 8.98. The third kappa shape index (κ3) is 8.33. The summed E-state index contributed by atoms with van der Waals surface area (Å²) in [7, 11) is -3.42. The Bertz CT molecular complexity index is 1330. The maximum Gasteiger partial charge on any atom is 0.490 e. The summed E-state index contributed by atoms with van der Waals surface area (Å²) in [4.78, 5) is 24.7. The summed E-state index contributed by atoms with van der Waals surface area (Å²) < 4.78 is 91.7. The first-order valence-electron chi connectivity index (χ1n) is 12.6. The Hall–Kier alpha value is -3.40. The molecule has 0 aliphatic carbocycles. The van der Waals surface area contributed by atoms with E-state index in [2.05, 4.69) is 23.7 Å². The van der Waals surface area contributed by atoms with Crippen LogP contribution in [0.5, 0.6) is 0 Å². The van der Waals surface area contributed by atoms with Gasteiger partial charge in [0.15, 0.2) is 0 Å². The van der Waals surface area contributed by atoms with Crippen molar-refractivity contribution in [2.24, 2.45) is 5.92 Å². The molecule has 0 atom stereocenters. The number of hydrogen-bond donors (Lipinski definition) is 2. The van der Waals surface area contributed by atoms with Crippen LogP contribution in [0.1, 0.15) is 43.6 Å². The lowest BCUT2D eigenvalue weighted by atomic mass is 9.87. The standard InChI is InChI=1S/C22H29N3O2S.2C2HF3O2/c1-17(2)15-25-21-10-5-4-9-20(21)22(28(25,26)27)11-13-24(14-12-22)16-19-8-6-7-18(3)23-19;2*3-2(4,5)1(6)7/h4-10,17H,11-16H2,1-3H3;2*(H,6,7). The van der Waals surface area contributed by atoms with Gasteiger partial charge in [0.2, 0.25) is 10.0 Å². The van der Waals surface area contributed by atoms with Gasteiger partial charge < -0.3 is 10.2 Å². The van der Waals surface area contributed by atoms with Crippen LogP contribution in [0.2, 0.25) is 0 Å². The van der Waals surface area contributed by atoms with E-state index in [0.29, 0.717) is 19.4 Å². The number of anilines is 1. The molecule has 42 heavy (non-hydrogen) atoms. The molecule has 2 aliphatic heterocycles. The molecular weight excluding hydrogens is 596 g/mol. The lowest BCUT2D eigenvalue weighted by Crippen LogP contribution is -2.48. The molecule has 1 saturated heterocycles. The number of piperidine rings is 1. The molecule has 0 radical (unpaired) electrons. The predicted octanol–water partition coefficient (Wildman–Crippen LogP) is 4.95. The fourth-order valence-electron chi connectivity index (χ4n) is 4.60. The molecule has 1 aromatic heterocycles. The fraction of sp³-hybridized carbons (Fsp3) is 0.500. The van der Waals surface area contributed by atoms with Gasteiger partial charge in [-0.05, 0) is 49.4 Å². The number of pyridine rings is 1. The van der Waals surface area contributed by atoms with Crippen LogP contribution < -0.4 is 4.31 Å². The Morgan fingerprint density at radius 2 is 1.43 bits per heavy atom. The zero-order chi connectivity index (χ0) is 32.1. The highest BCUT2D eigenvalue weighted by Crippen LogP contribution is 2.52. The van der Waals surface area contributed by atoms with E-state index in [4.69, 9.17) is 19.8 Å². The molecule has 1 spiro atoms. The van der Waals surface area contributed by atoms with Crippen LogP contribution in [0.4, 0.5) is 32.0 Å². The second kappa shape index (κ2) is 13.3. The summed E-state index contributed by atoms with van der Waals surface area (Å²) in [5.41, 5.74) is 3.93. The van der Waals surface area contributed by atoms with Crippen molar-refractivity contribution in [3.63, 3.8) is 0 Å². The molecule has 3 heterocycles. The lowest BCUT2D eigenvalue weighted by Gasteiger charge is -2.39. The summed E-state index contributed by atoms with van der Waals surface area (Å²) in [5.74, 6) is -5.23. The molecule has 1 aromatic carbocycles. The number of aryl methyl sites for hydroxylation is 1. The van der Waals surface area contributed by atoms with Crippen LogP contribution >= 0.6 is 0 Å². The minimum Gasteiger partial charge on any atom is -0.475 e. The summed E-state index contributed by atoms with van der Waals surface area (Å²) in [6.07, 6.45) is -8.90. The number of carboxylic acids is 2. The second-order valence-electron chi connectivity index (χ2n) is 10.1. The van der Waals surface area contributed by atoms with Crippen LogP contribution in [-0.4, -0.2) is 72.4 Å². The molecule has 2 N–H and O–H groups in total. The number of halogens is 6. The predicted molar refractivity (Wildman–Crippen MR) is 140 cm³/mol. The minimum atomic E-state index is -5.08. The number of hydrogen-bond acceptors (Lipinski definition) is 6. The maximum atomic E-state index is 13.7. The van der Waals surface area contributed by atoms with E-state index in [1.165, 1.54) is 0 Å². The van der Waals surface area contributed by atoms with E-state index in [1.54, 1.807) is 4.31 Å². The minimum absolute atomic E-state index is 0.283. The largest absolute Gasteiger partial charge is 0.490 e. The molecule has 16 heteroatoms. The number of benzene rings is 1. The Labute approximate surface area is 238 Å². The van der Waals surface area contributed by atoms with Crippen LogP contribution in [0.3, 0.4) is 0 Å². The van der Waals surface area contributed by atoms with Gasteiger partial charge in [-0.1, -0.05) is 38.1 Å². The number of alkyl halides is 6. The highest BCUT2D eigenvalue weighted by Gasteiger charge is 2.56. The average molecular weight is 628 g/mol. The van der Waals surface area contributed by atoms with Gasteiger partial charge in [0.05, 0.1) is 11.4 Å². The Morgan fingerprint density at radius 3 is 1.88 bits per heavy atom. The quantitative estimate of drug-likeness (QED) is 0.456. The first kappa shape index (κ1) is 34.8. The lowest BCUT2D eigenvalue weighted by molar-refractivity contribution is -0.193. The Balaban J connectivity index is 0.000000367. The third-order valence-electron chi connectivity index (χ3n) is 6.46. The number of carbonyl (C=O) groups is 2. The van der Waals surface area contributed by atoms with E-state index < -0.39 is 39.1 Å². The molecule has 9 nitrogen and oxygen atoms in total. The molecule has 234 valence electrons. The molecular formula is C26H31F6N3O6S. The summed E-state index contributed by atoms with van der Waals surface area (Å²) in [6, 6.07) is 14.0. The molecule has 0 saturated carbocycles. The number of carboxylic acid groups (broad SMARTS) is 2. The first-order chi connectivity index (χ1) is 19.2. The van der Waals surface area contributed by atoms with E-state index in [1.807, 2.05) is 49.4 Å². The third-order valence-corrected chi connectivity index (χ3v) is 9.00. The van der Waals surface area contributed by atoms with Gasteiger partial charge in [-0.15, -0.1) is 0 Å². The normalized spacial score (nSPS) is 17.5. The fourth-order valence-corrected chi connectivity index (χ4v) is 7.08. The highest BCUT2D eigenvalue weighted by atomic mass is 32.2. The van der Waals surface area contributed by atoms with Crippen LogP contribution in [0.25, 0.3) is 0 Å². The number of aliphatic carboxylic acids is 2. The number of likely N-dealkylation sites (tertiary alicyclic amines) is 1. The molecule has 2 aromatic rings. The van der Waals surface area contributed by atoms with Crippen molar-refractivity contribution in [2.75, 3.05) is 23.9 Å². The zero-order valence-corrected chi connectivity index (χ0v) is 23.7. The van der Waals surface area contributed by atoms with Gasteiger partial charge in [0, 0.05) is 31.9 Å². The van der Waals surface area contributed by atoms with E-state index in [9.17, 15) is 34.8 Å². The van der Waals surface area contributed by atoms with Crippen molar-refractivity contribution < 1.29 is 54.6 Å². The van der Waals surface area contributed by atoms with Crippen molar-refractivity contribution in [2.45, 2.75) is 57.3 Å². The molecule has 0 amide bonds. The highest BCUT2D eigenvalue weighted by molar-refractivity contribution is 7.94. The topological polar surface area (TPSA) is 128 Å². The van der Waals surface area contributed by atoms with Gasteiger partial charge in [-0.2, -0.15) is 26.3 Å². The average Bonchev–Trinajstić information content (AvgIpc) is 3.03. The van der Waals surface area contributed by atoms with Gasteiger partial charge in [0.1, 0.15) is 4.75 Å². The Kier molecular flexibility index (Phi) is 11.0. The van der Waals surface area contributed by atoms with Gasteiger partial charge >= 0.3 is 24.3 Å². The van der Waals surface area contributed by atoms with Crippen molar-refractivity contribution in [1.29, 1.82) is 0 Å². The molecule has 0 unspecified atom stereocenters. The zero-order valence-electron chi connectivity index (χ0n) is 22.9. The summed E-state index contributed by atoms with van der Waals surface area (Å²) in [5, 5.41) is 14.2. The van der Waals surface area contributed by atoms with E-state index in [-0.39, 0.29) is 5.92 Å². The number of rotatable bonds is 4. The molecule has 0 bridgehead atoms. The number of fused-ring (bicyclic) bond motifs is 2. The van der Waals surface area contributed by atoms with Crippen LogP contribution in [0.15, 0.2) is 42.5 Å². The van der Waals surface area contributed by atoms with Gasteiger partial charge in [0.25, 0.3) is 0 Å². The number of aromatic nitrogens is 1.